The molecule has 0 radical (unpaired) electrons. The van der Waals surface area contributed by atoms with Gasteiger partial charge in [0.25, 0.3) is 0 Å². The number of aliphatic hydroxyl groups is 12. The molecule has 0 saturated carbocycles. The van der Waals surface area contributed by atoms with Crippen LogP contribution in [-0.2, 0) is 49.3 Å². The highest BCUT2D eigenvalue weighted by atomic mass is 16.8. The lowest BCUT2D eigenvalue weighted by molar-refractivity contribution is -0.381. The van der Waals surface area contributed by atoms with Gasteiger partial charge in [-0.05, 0) is 5.56 Å². The average Bonchev–Trinajstić information content (AvgIpc) is 3.18. The Kier molecular flexibility index (Phi) is 15.6. The lowest BCUT2D eigenvalue weighted by Gasteiger charge is -2.50. The second kappa shape index (κ2) is 19.6. The maximum Gasteiger partial charge on any atom is 0.217 e. The third kappa shape index (κ3) is 9.78. The molecule has 4 saturated heterocycles. The van der Waals surface area contributed by atoms with E-state index < -0.39 is 155 Å². The minimum Gasteiger partial charge on any atom is -0.394 e. The highest BCUT2D eigenvalue weighted by Crippen LogP contribution is 2.34. The Hall–Kier alpha value is -2.11. The van der Waals surface area contributed by atoms with E-state index >= 15 is 0 Å². The van der Waals surface area contributed by atoms with Gasteiger partial charge in [0, 0.05) is 6.92 Å². The zero-order valence-electron chi connectivity index (χ0n) is 29.5. The molecule has 4 fully saturated rings. The first-order valence-electron chi connectivity index (χ1n) is 17.6. The van der Waals surface area contributed by atoms with Crippen molar-refractivity contribution >= 4 is 5.91 Å². The Morgan fingerprint density at radius 1 is 0.545 bits per heavy atom. The Morgan fingerprint density at radius 2 is 1.02 bits per heavy atom. The number of nitrogens with one attached hydrogen (secondary N) is 1. The molecule has 1 aromatic carbocycles. The largest absolute Gasteiger partial charge is 0.394 e. The van der Waals surface area contributed by atoms with Crippen LogP contribution in [0.3, 0.4) is 0 Å². The van der Waals surface area contributed by atoms with Gasteiger partial charge in [-0.15, -0.1) is 0 Å². The predicted molar refractivity (Wildman–Crippen MR) is 174 cm³/mol. The SMILES string of the molecule is CC(=O)NC1C(O)[C@H](O[C@@H]2OC(CO)[C@H](O)C(O)C2O)C(CO)O[C@H]1OC1C(O)[C@H](O[C@@H]2C(CO)O[C@@H](OCc3ccccc3)C(O)C2O)OC(CO)[C@@H]1O. The lowest BCUT2D eigenvalue weighted by Crippen LogP contribution is -2.69. The van der Waals surface area contributed by atoms with E-state index in [1.807, 2.05) is 0 Å². The van der Waals surface area contributed by atoms with Crippen LogP contribution in [0.15, 0.2) is 30.3 Å². The van der Waals surface area contributed by atoms with Gasteiger partial charge in [-0.25, -0.2) is 0 Å². The summed E-state index contributed by atoms with van der Waals surface area (Å²) < 4.78 is 45.4. The van der Waals surface area contributed by atoms with Crippen LogP contribution >= 0.6 is 0 Å². The van der Waals surface area contributed by atoms with Crippen LogP contribution in [-0.4, -0.2) is 216 Å². The van der Waals surface area contributed by atoms with Gasteiger partial charge in [0.05, 0.1) is 33.0 Å². The molecule has 4 aliphatic rings. The van der Waals surface area contributed by atoms with E-state index in [1.54, 1.807) is 30.3 Å². The molecular formula is C33H51NO21. The zero-order valence-corrected chi connectivity index (χ0v) is 29.5. The van der Waals surface area contributed by atoms with E-state index in [1.165, 1.54) is 0 Å². The highest BCUT2D eigenvalue weighted by molar-refractivity contribution is 5.73. The van der Waals surface area contributed by atoms with Crippen LogP contribution in [0.5, 0.6) is 0 Å². The molecule has 0 bridgehead atoms. The van der Waals surface area contributed by atoms with Crippen LogP contribution < -0.4 is 5.32 Å². The Labute approximate surface area is 313 Å². The molecule has 4 heterocycles. The predicted octanol–water partition coefficient (Wildman–Crippen LogP) is -7.38. The van der Waals surface area contributed by atoms with Crippen molar-refractivity contribution in [2.75, 3.05) is 26.4 Å². The molecule has 1 aromatic rings. The molecule has 4 aliphatic heterocycles. The van der Waals surface area contributed by atoms with Gasteiger partial charge in [-0.3, -0.25) is 4.79 Å². The highest BCUT2D eigenvalue weighted by Gasteiger charge is 2.55. The van der Waals surface area contributed by atoms with E-state index in [4.69, 9.17) is 37.9 Å². The summed E-state index contributed by atoms with van der Waals surface area (Å²) in [6.07, 6.45) is -32.6. The minimum atomic E-state index is -2.01. The maximum absolute atomic E-state index is 12.3. The number of hydrogen-bond donors (Lipinski definition) is 13. The van der Waals surface area contributed by atoms with Gasteiger partial charge >= 0.3 is 0 Å². The van der Waals surface area contributed by atoms with Crippen LogP contribution in [0.2, 0.25) is 0 Å². The van der Waals surface area contributed by atoms with Gasteiger partial charge in [0.1, 0.15) is 97.6 Å². The first-order chi connectivity index (χ1) is 26.2. The van der Waals surface area contributed by atoms with Crippen molar-refractivity contribution < 1.29 is 104 Å². The molecule has 1 amide bonds. The fraction of sp³-hybridized carbons (Fsp3) is 0.788. The average molecular weight is 798 g/mol. The molecule has 20 atom stereocenters. The summed E-state index contributed by atoms with van der Waals surface area (Å²) in [7, 11) is 0. The number of amides is 1. The smallest absolute Gasteiger partial charge is 0.217 e. The van der Waals surface area contributed by atoms with Crippen molar-refractivity contribution in [2.24, 2.45) is 0 Å². The standard InChI is InChI=1S/C33H51NO21/c1-12(39)34-18-21(42)27(53-32-24(45)22(43)19(40)14(7-35)49-32)16(9-37)51-30(18)55-29-20(41)15(8-36)50-33(26(29)47)54-28-17(10-38)52-31(25(46)23(28)44)48-11-13-5-3-2-4-6-13/h2-6,14-33,35-38,40-47H,7-11H2,1H3,(H,34,39)/t14?,15?,16?,17?,18?,19-,20-,21?,22?,23?,24?,25?,26?,27+,28+,29?,30-,31+,32-,33-/m0/s1. The maximum atomic E-state index is 12.3. The van der Waals surface area contributed by atoms with Crippen molar-refractivity contribution in [3.63, 3.8) is 0 Å². The van der Waals surface area contributed by atoms with Crippen molar-refractivity contribution in [1.82, 2.24) is 5.32 Å². The van der Waals surface area contributed by atoms with E-state index in [2.05, 4.69) is 5.32 Å². The summed E-state index contributed by atoms with van der Waals surface area (Å²) in [6, 6.07) is 7.22. The second-order valence-corrected chi connectivity index (χ2v) is 13.7. The van der Waals surface area contributed by atoms with Crippen molar-refractivity contribution in [3.8, 4) is 0 Å². The molecule has 0 aromatic heterocycles. The first-order valence-corrected chi connectivity index (χ1v) is 17.6. The normalized spacial score (nSPS) is 45.3. The fourth-order valence-corrected chi connectivity index (χ4v) is 6.82. The molecule has 5 rings (SSSR count). The number of aliphatic hydroxyl groups excluding tert-OH is 12. The third-order valence-electron chi connectivity index (χ3n) is 9.84. The van der Waals surface area contributed by atoms with E-state index in [9.17, 15) is 66.1 Å². The van der Waals surface area contributed by atoms with Crippen LogP contribution in [0.25, 0.3) is 0 Å². The summed E-state index contributed by atoms with van der Waals surface area (Å²) in [5.41, 5.74) is 0.724. The van der Waals surface area contributed by atoms with Crippen LogP contribution in [0.4, 0.5) is 0 Å². The first kappa shape index (κ1) is 44.0. The number of ether oxygens (including phenoxy) is 8. The summed E-state index contributed by atoms with van der Waals surface area (Å²) in [4.78, 5) is 12.3. The van der Waals surface area contributed by atoms with Gasteiger partial charge in [0.15, 0.2) is 25.2 Å². The summed E-state index contributed by atoms with van der Waals surface area (Å²) in [6.45, 7) is -2.30. The van der Waals surface area contributed by atoms with Crippen molar-refractivity contribution in [1.29, 1.82) is 0 Å². The van der Waals surface area contributed by atoms with Crippen molar-refractivity contribution in [2.45, 2.75) is 136 Å². The van der Waals surface area contributed by atoms with E-state index in [-0.39, 0.29) is 6.61 Å². The molecule has 12 unspecified atom stereocenters. The number of benzene rings is 1. The number of hydrogen-bond acceptors (Lipinski definition) is 21. The molecule has 0 aliphatic carbocycles. The zero-order chi connectivity index (χ0) is 40.1. The van der Waals surface area contributed by atoms with Gasteiger partial charge in [-0.1, -0.05) is 30.3 Å². The molecule has 0 spiro atoms. The number of carbonyl (C=O) groups is 1. The Morgan fingerprint density at radius 3 is 1.58 bits per heavy atom. The second-order valence-electron chi connectivity index (χ2n) is 13.7. The van der Waals surface area contributed by atoms with Gasteiger partial charge in [0.2, 0.25) is 5.91 Å². The molecular weight excluding hydrogens is 746 g/mol. The van der Waals surface area contributed by atoms with Crippen LogP contribution in [0, 0.1) is 0 Å². The summed E-state index contributed by atoms with van der Waals surface area (Å²) in [5.74, 6) is -0.747. The molecule has 55 heavy (non-hydrogen) atoms. The third-order valence-corrected chi connectivity index (χ3v) is 9.84. The lowest BCUT2D eigenvalue weighted by atomic mass is 9.94. The van der Waals surface area contributed by atoms with Crippen LogP contribution in [0.1, 0.15) is 12.5 Å². The quantitative estimate of drug-likeness (QED) is 0.0831. The monoisotopic (exact) mass is 797 g/mol. The number of carbonyl (C=O) groups excluding carboxylic acids is 1. The molecule has 22 nitrogen and oxygen atoms in total. The van der Waals surface area contributed by atoms with E-state index in [0.717, 1.165) is 12.5 Å². The summed E-state index contributed by atoms with van der Waals surface area (Å²) >= 11 is 0. The molecule has 13 N–H and O–H groups in total. The Balaban J connectivity index is 1.31. The van der Waals surface area contributed by atoms with E-state index in [0.29, 0.717) is 0 Å². The van der Waals surface area contributed by atoms with Gasteiger partial charge < -0.3 is 104 Å². The topological polar surface area (TPSA) is 346 Å². The number of rotatable bonds is 14. The fourth-order valence-electron chi connectivity index (χ4n) is 6.82. The molecule has 314 valence electrons. The molecule has 22 heteroatoms. The Bertz CT molecular complexity index is 1330. The van der Waals surface area contributed by atoms with Crippen molar-refractivity contribution in [3.05, 3.63) is 35.9 Å². The van der Waals surface area contributed by atoms with Gasteiger partial charge in [-0.2, -0.15) is 0 Å². The summed E-state index contributed by atoms with van der Waals surface area (Å²) in [5, 5.41) is 129. The minimum absolute atomic E-state index is 0.0202.